The number of benzene rings is 7. The van der Waals surface area contributed by atoms with Crippen LogP contribution < -0.4 is 16.3 Å². The van der Waals surface area contributed by atoms with Crippen LogP contribution in [0.3, 0.4) is 0 Å². The molecule has 10 rings (SSSR count). The molecule has 2 amide bonds. The maximum atomic E-state index is 16.9. The number of hydrogen-bond donors (Lipinski definition) is 2. The summed E-state index contributed by atoms with van der Waals surface area (Å²) >= 11 is 0. The zero-order valence-corrected chi connectivity index (χ0v) is 54.6. The number of rotatable bonds is 33. The third-order valence-electron chi connectivity index (χ3n) is 15.9. The van der Waals surface area contributed by atoms with Gasteiger partial charge < -0.3 is 42.8 Å². The van der Waals surface area contributed by atoms with E-state index in [1.54, 1.807) is 17.7 Å². The molecule has 2 aliphatic rings. The average molecular weight is 1330 g/mol. The van der Waals surface area contributed by atoms with Gasteiger partial charge in [-0.2, -0.15) is 4.98 Å². The van der Waals surface area contributed by atoms with Crippen LogP contribution in [0.2, 0.25) is 0 Å². The normalized spacial score (nSPS) is 18.5. The third-order valence-corrected chi connectivity index (χ3v) is 19.9. The van der Waals surface area contributed by atoms with Gasteiger partial charge >= 0.3 is 33.6 Å². The van der Waals surface area contributed by atoms with Gasteiger partial charge in [0.25, 0.3) is 0 Å². The number of phosphoric acid groups is 1. The lowest BCUT2D eigenvalue weighted by molar-refractivity contribution is -0.209. The molecule has 1 unspecified atom stereocenters. The van der Waals surface area contributed by atoms with E-state index in [0.29, 0.717) is 48.1 Å². The second kappa shape index (κ2) is 35.4. The molecule has 1 aromatic heterocycles. The molecule has 498 valence electrons. The second-order valence-electron chi connectivity index (χ2n) is 22.8. The summed E-state index contributed by atoms with van der Waals surface area (Å²) < 4.78 is 104. The highest BCUT2D eigenvalue weighted by atomic mass is 31.2. The van der Waals surface area contributed by atoms with E-state index in [1.165, 1.54) is 6.07 Å². The maximum Gasteiger partial charge on any atom is 0.475 e. The van der Waals surface area contributed by atoms with Crippen molar-refractivity contribution >= 4 is 39.4 Å². The SMILES string of the molecule is C[C@]1(P(=O)(OCc2ccccc2)OCc2ccccc2)[C@@H](COP(=O)(OCc2ccccc2)OCc2ccccc2)O[C@@H](n2ccc(NC(=O)OCc3ccccc3)n/c2=N\CCCC[C@H](NC(=O)OCc2ccccc2)C(=O)OCc2ccccc2)[C@@H]1OC1CCCCO1. The number of anilines is 1. The predicted octanol–water partition coefficient (Wildman–Crippen LogP) is 14.5. The molecule has 0 radical (unpaired) electrons. The first-order chi connectivity index (χ1) is 46.4. The number of unbranched alkanes of at least 4 members (excludes halogenated alkanes) is 1. The molecule has 2 aliphatic heterocycles. The first kappa shape index (κ1) is 69.4. The van der Waals surface area contributed by atoms with Crippen LogP contribution in [0.1, 0.15) is 90.6 Å². The fourth-order valence-corrected chi connectivity index (χ4v) is 14.0. The Bertz CT molecular complexity index is 3730. The molecule has 0 bridgehead atoms. The first-order valence-corrected chi connectivity index (χ1v) is 34.7. The molecule has 0 spiro atoms. The number of alkyl carbamates (subject to hydrolysis) is 1. The smallest absolute Gasteiger partial charge is 0.459 e. The van der Waals surface area contributed by atoms with Crippen LogP contribution in [0, 0.1) is 0 Å². The largest absolute Gasteiger partial charge is 0.475 e. The standard InChI is InChI=1S/C72H79N5O16P2/c1-72(94(81,87-50-58-33-15-5-16-34-58)88-51-59-35-17-6-18-36-59)63(54-91-95(82,89-52-60-37-19-7-20-38-60)90-53-61-39-21-8-22-40-61)92-67(66(72)93-65-42-24-26-46-83-65)77-45-43-64(76-71(80)86-49-57-31-13-4-14-32-57)75-69(77)73-44-25-23-41-62(68(78)84-47-55-27-9-2-10-28-55)74-70(79)85-48-56-29-11-3-12-30-56/h2-22,27-40,43,45,62-63,65-67H,23-26,41-42,44,46-54H2,1H3,(H,74,79)(H,73,75,76,80)/t62-,63+,65?,66-,67+,72-/m0/s1. The Morgan fingerprint density at radius 1 is 0.568 bits per heavy atom. The Morgan fingerprint density at radius 3 is 1.49 bits per heavy atom. The maximum absolute atomic E-state index is 16.9. The van der Waals surface area contributed by atoms with E-state index in [4.69, 9.17) is 61.0 Å². The number of nitrogens with one attached hydrogen (secondary N) is 2. The number of carbonyl (C=O) groups excluding carboxylic acids is 3. The minimum atomic E-state index is -4.71. The monoisotopic (exact) mass is 1330 g/mol. The highest BCUT2D eigenvalue weighted by Gasteiger charge is 2.67. The van der Waals surface area contributed by atoms with Crippen molar-refractivity contribution in [2.24, 2.45) is 4.99 Å². The van der Waals surface area contributed by atoms with Gasteiger partial charge in [-0.1, -0.05) is 212 Å². The lowest BCUT2D eigenvalue weighted by atomic mass is 9.99. The van der Waals surface area contributed by atoms with Crippen molar-refractivity contribution in [2.75, 3.05) is 25.1 Å². The van der Waals surface area contributed by atoms with Crippen molar-refractivity contribution in [3.8, 4) is 0 Å². The first-order valence-electron chi connectivity index (χ1n) is 31.7. The summed E-state index contributed by atoms with van der Waals surface area (Å²) in [6.45, 7) is 0.742. The van der Waals surface area contributed by atoms with Crippen LogP contribution in [0.5, 0.6) is 0 Å². The van der Waals surface area contributed by atoms with Crippen LogP contribution in [0.15, 0.2) is 230 Å². The molecule has 8 aromatic rings. The number of phosphoric ester groups is 1. The van der Waals surface area contributed by atoms with Crippen molar-refractivity contribution in [2.45, 2.75) is 128 Å². The van der Waals surface area contributed by atoms with Crippen molar-refractivity contribution in [1.29, 1.82) is 0 Å². The fraction of sp³-hybridized carbons (Fsp3) is 0.319. The molecule has 2 saturated heterocycles. The van der Waals surface area contributed by atoms with Crippen LogP contribution in [-0.4, -0.2) is 77.2 Å². The molecule has 6 atom stereocenters. The van der Waals surface area contributed by atoms with Gasteiger partial charge in [0.2, 0.25) is 5.62 Å². The van der Waals surface area contributed by atoms with Crippen molar-refractivity contribution < 1.29 is 74.6 Å². The minimum absolute atomic E-state index is 0.00678. The van der Waals surface area contributed by atoms with Crippen molar-refractivity contribution in [1.82, 2.24) is 14.9 Å². The number of amides is 2. The summed E-state index contributed by atoms with van der Waals surface area (Å²) in [5.74, 6) is -0.617. The Labute approximate surface area is 553 Å². The van der Waals surface area contributed by atoms with E-state index in [-0.39, 0.29) is 70.6 Å². The number of ether oxygens (including phenoxy) is 6. The fourth-order valence-electron chi connectivity index (χ4n) is 10.6. The summed E-state index contributed by atoms with van der Waals surface area (Å²) in [6, 6.07) is 64.7. The summed E-state index contributed by atoms with van der Waals surface area (Å²) in [5.41, 5.74) is 5.03. The minimum Gasteiger partial charge on any atom is -0.459 e. The average Bonchev–Trinajstić information content (AvgIpc) is 1.57. The molecule has 7 aromatic carbocycles. The van der Waals surface area contributed by atoms with Crippen molar-refractivity contribution in [3.63, 3.8) is 0 Å². The van der Waals surface area contributed by atoms with E-state index >= 15 is 9.13 Å². The zero-order valence-electron chi connectivity index (χ0n) is 52.8. The van der Waals surface area contributed by atoms with E-state index in [9.17, 15) is 14.4 Å². The van der Waals surface area contributed by atoms with Gasteiger partial charge in [-0.3, -0.25) is 33.0 Å². The van der Waals surface area contributed by atoms with Crippen molar-refractivity contribution in [3.05, 3.63) is 269 Å². The Morgan fingerprint density at radius 2 is 1.02 bits per heavy atom. The summed E-state index contributed by atoms with van der Waals surface area (Å²) in [6.07, 6.45) is -2.22. The number of nitrogens with zero attached hydrogens (tertiary/aromatic N) is 3. The molecule has 21 nitrogen and oxygen atoms in total. The highest BCUT2D eigenvalue weighted by molar-refractivity contribution is 7.55. The summed E-state index contributed by atoms with van der Waals surface area (Å²) in [5, 5.41) is 3.53. The molecule has 0 aliphatic carbocycles. The van der Waals surface area contributed by atoms with Crippen LogP contribution in [-0.2, 0) is 111 Å². The molecular weight excluding hydrogens is 1250 g/mol. The summed E-state index contributed by atoms with van der Waals surface area (Å²) in [7, 11) is -9.29. The van der Waals surface area contributed by atoms with Gasteiger partial charge in [-0.05, 0) is 90.5 Å². The summed E-state index contributed by atoms with van der Waals surface area (Å²) in [4.78, 5) is 50.6. The highest BCUT2D eigenvalue weighted by Crippen LogP contribution is 2.69. The lowest BCUT2D eigenvalue weighted by Crippen LogP contribution is -2.50. The molecule has 95 heavy (non-hydrogen) atoms. The number of carbonyl (C=O) groups is 3. The molecule has 0 saturated carbocycles. The molecule has 3 heterocycles. The second-order valence-corrected chi connectivity index (χ2v) is 27.0. The lowest BCUT2D eigenvalue weighted by Gasteiger charge is -2.41. The van der Waals surface area contributed by atoms with Gasteiger partial charge in [0, 0.05) is 19.3 Å². The van der Waals surface area contributed by atoms with Crippen LogP contribution in [0.25, 0.3) is 0 Å². The Kier molecular flexibility index (Phi) is 25.8. The third kappa shape index (κ3) is 20.5. The number of esters is 1. The topological polar surface area (TPSA) is 241 Å². The van der Waals surface area contributed by atoms with Crippen LogP contribution >= 0.6 is 15.4 Å². The zero-order chi connectivity index (χ0) is 66.0. The van der Waals surface area contributed by atoms with E-state index in [2.05, 4.69) is 10.6 Å². The van der Waals surface area contributed by atoms with E-state index in [0.717, 1.165) is 29.5 Å². The van der Waals surface area contributed by atoms with E-state index < -0.39 is 76.1 Å². The molecule has 23 heteroatoms. The van der Waals surface area contributed by atoms with Gasteiger partial charge in [-0.25, -0.2) is 18.9 Å². The van der Waals surface area contributed by atoms with Crippen LogP contribution in [0.4, 0.5) is 15.4 Å². The quantitative estimate of drug-likeness (QED) is 0.0168. The Hall–Kier alpha value is -8.43. The molecule has 2 N–H and O–H groups in total. The predicted molar refractivity (Wildman–Crippen MR) is 353 cm³/mol. The van der Waals surface area contributed by atoms with Gasteiger partial charge in [-0.15, -0.1) is 0 Å². The van der Waals surface area contributed by atoms with Gasteiger partial charge in [0.1, 0.15) is 49.0 Å². The Balaban J connectivity index is 1.02. The van der Waals surface area contributed by atoms with Gasteiger partial charge in [0.15, 0.2) is 12.5 Å². The molecule has 2 fully saturated rings. The van der Waals surface area contributed by atoms with Gasteiger partial charge in [0.05, 0.1) is 33.0 Å². The molecular formula is C72H79N5O16P2. The van der Waals surface area contributed by atoms with E-state index in [1.807, 2.05) is 212 Å². The number of hydrogen-bond acceptors (Lipinski definition) is 18. The number of aromatic nitrogens is 2.